The van der Waals surface area contributed by atoms with Crippen molar-refractivity contribution < 1.29 is 14.4 Å². The van der Waals surface area contributed by atoms with Crippen LogP contribution in [-0.4, -0.2) is 60.6 Å². The van der Waals surface area contributed by atoms with Crippen molar-refractivity contribution >= 4 is 40.6 Å². The predicted molar refractivity (Wildman–Crippen MR) is 111 cm³/mol. The highest BCUT2D eigenvalue weighted by atomic mass is 32.2. The minimum absolute atomic E-state index is 0.183. The molecule has 1 saturated heterocycles. The Hall–Kier alpha value is -2.28. The number of thioether (sulfide) groups is 1. The Morgan fingerprint density at radius 1 is 1.07 bits per heavy atom. The second kappa shape index (κ2) is 9.60. The fourth-order valence-electron chi connectivity index (χ4n) is 2.79. The Labute approximate surface area is 165 Å². The number of rotatable bonds is 8. The minimum atomic E-state index is -0.400. The number of benzene rings is 1. The van der Waals surface area contributed by atoms with Gasteiger partial charge in [-0.05, 0) is 48.4 Å². The Balaban J connectivity index is 2.10. The molecule has 1 aliphatic heterocycles. The van der Waals surface area contributed by atoms with Crippen LogP contribution in [0.4, 0.5) is 10.5 Å². The molecule has 3 amide bonds. The molecule has 0 aliphatic carbocycles. The molecule has 0 bridgehead atoms. The van der Waals surface area contributed by atoms with E-state index in [1.54, 1.807) is 11.0 Å². The van der Waals surface area contributed by atoms with Crippen LogP contribution < -0.4 is 4.90 Å². The first-order chi connectivity index (χ1) is 12.9. The predicted octanol–water partition coefficient (Wildman–Crippen LogP) is 3.44. The average molecular weight is 390 g/mol. The summed E-state index contributed by atoms with van der Waals surface area (Å²) in [5, 5.41) is -0.391. The van der Waals surface area contributed by atoms with E-state index in [0.717, 1.165) is 40.8 Å². The van der Waals surface area contributed by atoms with Gasteiger partial charge in [-0.15, -0.1) is 0 Å². The van der Waals surface area contributed by atoms with Gasteiger partial charge >= 0.3 is 0 Å². The molecule has 1 aliphatic rings. The first kappa shape index (κ1) is 21.0. The van der Waals surface area contributed by atoms with Crippen molar-refractivity contribution in [2.24, 2.45) is 0 Å². The van der Waals surface area contributed by atoms with Gasteiger partial charge in [0.15, 0.2) is 0 Å². The Morgan fingerprint density at radius 3 is 2.19 bits per heavy atom. The highest BCUT2D eigenvalue weighted by molar-refractivity contribution is 8.18. The Kier molecular flexibility index (Phi) is 7.47. The van der Waals surface area contributed by atoms with Gasteiger partial charge in [-0.3, -0.25) is 19.3 Å². The van der Waals surface area contributed by atoms with E-state index in [4.69, 9.17) is 0 Å². The summed E-state index contributed by atoms with van der Waals surface area (Å²) >= 11 is 0.885. The molecule has 0 N–H and O–H groups in total. The number of anilines is 1. The first-order valence-electron chi connectivity index (χ1n) is 9.17. The van der Waals surface area contributed by atoms with Gasteiger partial charge in [-0.25, -0.2) is 0 Å². The third kappa shape index (κ3) is 5.35. The van der Waals surface area contributed by atoms with E-state index in [1.807, 2.05) is 57.1 Å². The number of imide groups is 1. The highest BCUT2D eigenvalue weighted by Crippen LogP contribution is 2.32. The van der Waals surface area contributed by atoms with Crippen LogP contribution in [0.15, 0.2) is 29.2 Å². The third-order valence-corrected chi connectivity index (χ3v) is 5.12. The van der Waals surface area contributed by atoms with E-state index in [-0.39, 0.29) is 12.5 Å². The average Bonchev–Trinajstić information content (AvgIpc) is 2.89. The van der Waals surface area contributed by atoms with Gasteiger partial charge in [0.25, 0.3) is 11.1 Å². The first-order valence-corrected chi connectivity index (χ1v) is 9.99. The molecule has 1 aromatic rings. The molecule has 0 saturated carbocycles. The Bertz CT molecular complexity index is 722. The summed E-state index contributed by atoms with van der Waals surface area (Å²) in [5.74, 6) is -0.583. The molecule has 0 atom stereocenters. The van der Waals surface area contributed by atoms with Crippen LogP contribution in [-0.2, 0) is 9.59 Å². The van der Waals surface area contributed by atoms with Crippen LogP contribution in [0.2, 0.25) is 0 Å². The van der Waals surface area contributed by atoms with Crippen LogP contribution in [0.25, 0.3) is 6.08 Å². The molecule has 2 rings (SSSR count). The van der Waals surface area contributed by atoms with Crippen LogP contribution in [0.5, 0.6) is 0 Å². The molecular weight excluding hydrogens is 362 g/mol. The summed E-state index contributed by atoms with van der Waals surface area (Å²) in [6, 6.07) is 7.71. The second-order valence-electron chi connectivity index (χ2n) is 6.63. The maximum Gasteiger partial charge on any atom is 0.294 e. The van der Waals surface area contributed by atoms with Crippen LogP contribution in [0.3, 0.4) is 0 Å². The summed E-state index contributed by atoms with van der Waals surface area (Å²) in [6.45, 7) is 5.08. The SMILES string of the molecule is CCCN(CCC)C(=O)CN1C(=O)S/C(=C\c2ccc(N(C)C)cc2)C1=O. The van der Waals surface area contributed by atoms with Crippen LogP contribution in [0.1, 0.15) is 32.3 Å². The topological polar surface area (TPSA) is 60.9 Å². The minimum Gasteiger partial charge on any atom is -0.378 e. The number of carbonyl (C=O) groups excluding carboxylic acids is 3. The zero-order valence-corrected chi connectivity index (χ0v) is 17.2. The van der Waals surface area contributed by atoms with E-state index in [9.17, 15) is 14.4 Å². The normalized spacial score (nSPS) is 15.6. The van der Waals surface area contributed by atoms with Crippen molar-refractivity contribution in [3.8, 4) is 0 Å². The lowest BCUT2D eigenvalue weighted by Gasteiger charge is -2.23. The van der Waals surface area contributed by atoms with Gasteiger partial charge in [0, 0.05) is 32.9 Å². The lowest BCUT2D eigenvalue weighted by atomic mass is 10.2. The Morgan fingerprint density at radius 2 is 1.67 bits per heavy atom. The maximum absolute atomic E-state index is 12.6. The third-order valence-electron chi connectivity index (χ3n) is 4.21. The van der Waals surface area contributed by atoms with Crippen molar-refractivity contribution in [1.82, 2.24) is 9.80 Å². The van der Waals surface area contributed by atoms with Crippen LogP contribution in [0, 0.1) is 0 Å². The number of carbonyl (C=O) groups is 3. The second-order valence-corrected chi connectivity index (χ2v) is 7.63. The van der Waals surface area contributed by atoms with Gasteiger partial charge in [0.1, 0.15) is 6.54 Å². The number of amides is 3. The van der Waals surface area contributed by atoms with Crippen LogP contribution >= 0.6 is 11.8 Å². The molecule has 27 heavy (non-hydrogen) atoms. The molecular formula is C20H27N3O3S. The fourth-order valence-corrected chi connectivity index (χ4v) is 3.63. The summed E-state index contributed by atoms with van der Waals surface area (Å²) in [7, 11) is 3.91. The molecule has 0 spiro atoms. The smallest absolute Gasteiger partial charge is 0.294 e. The largest absolute Gasteiger partial charge is 0.378 e. The van der Waals surface area contributed by atoms with E-state index >= 15 is 0 Å². The van der Waals surface area contributed by atoms with E-state index in [1.165, 1.54) is 0 Å². The summed E-state index contributed by atoms with van der Waals surface area (Å²) in [4.78, 5) is 42.4. The van der Waals surface area contributed by atoms with Gasteiger partial charge in [-0.1, -0.05) is 26.0 Å². The molecule has 146 valence electrons. The zero-order chi connectivity index (χ0) is 20.0. The molecule has 1 aromatic carbocycles. The number of nitrogens with zero attached hydrogens (tertiary/aromatic N) is 3. The van der Waals surface area contributed by atoms with Crippen molar-refractivity contribution in [1.29, 1.82) is 0 Å². The lowest BCUT2D eigenvalue weighted by molar-refractivity contribution is -0.135. The molecule has 1 fully saturated rings. The van der Waals surface area contributed by atoms with Crippen molar-refractivity contribution in [3.63, 3.8) is 0 Å². The maximum atomic E-state index is 12.6. The molecule has 1 heterocycles. The van der Waals surface area contributed by atoms with Gasteiger partial charge < -0.3 is 9.80 Å². The van der Waals surface area contributed by atoms with Crippen molar-refractivity contribution in [3.05, 3.63) is 34.7 Å². The number of hydrogen-bond donors (Lipinski definition) is 0. The monoisotopic (exact) mass is 389 g/mol. The van der Waals surface area contributed by atoms with Crippen molar-refractivity contribution in [2.75, 3.05) is 38.6 Å². The molecule has 0 unspecified atom stereocenters. The molecule has 0 aromatic heterocycles. The fraction of sp³-hybridized carbons (Fsp3) is 0.450. The molecule has 6 nitrogen and oxygen atoms in total. The highest BCUT2D eigenvalue weighted by Gasteiger charge is 2.36. The zero-order valence-electron chi connectivity index (χ0n) is 16.4. The number of hydrogen-bond acceptors (Lipinski definition) is 5. The van der Waals surface area contributed by atoms with Gasteiger partial charge in [-0.2, -0.15) is 0 Å². The quantitative estimate of drug-likeness (QED) is 0.638. The van der Waals surface area contributed by atoms with Gasteiger partial charge in [0.05, 0.1) is 4.91 Å². The van der Waals surface area contributed by atoms with Gasteiger partial charge in [0.2, 0.25) is 5.91 Å². The summed E-state index contributed by atoms with van der Waals surface area (Å²) in [5.41, 5.74) is 1.90. The lowest BCUT2D eigenvalue weighted by Crippen LogP contribution is -2.42. The molecule has 0 radical (unpaired) electrons. The van der Waals surface area contributed by atoms with E-state index in [2.05, 4.69) is 0 Å². The van der Waals surface area contributed by atoms with E-state index < -0.39 is 11.1 Å². The summed E-state index contributed by atoms with van der Waals surface area (Å²) in [6.07, 6.45) is 3.39. The molecule has 7 heteroatoms. The summed E-state index contributed by atoms with van der Waals surface area (Å²) < 4.78 is 0. The standard InChI is InChI=1S/C20H27N3O3S/c1-5-11-22(12-6-2)18(24)14-23-19(25)17(27-20(23)26)13-15-7-9-16(10-8-15)21(3)4/h7-10,13H,5-6,11-12,14H2,1-4H3/b17-13-. The van der Waals surface area contributed by atoms with E-state index in [0.29, 0.717) is 18.0 Å². The van der Waals surface area contributed by atoms with Crippen molar-refractivity contribution in [2.45, 2.75) is 26.7 Å².